The highest BCUT2D eigenvalue weighted by atomic mass is 32.2. The average Bonchev–Trinajstić information content (AvgIpc) is 2.38. The molecule has 0 aromatic rings. The molecule has 3 nitrogen and oxygen atoms in total. The van der Waals surface area contributed by atoms with Crippen molar-refractivity contribution >= 4 is 17.7 Å². The van der Waals surface area contributed by atoms with Gasteiger partial charge in [-0.3, -0.25) is 4.99 Å². The van der Waals surface area contributed by atoms with Gasteiger partial charge in [0, 0.05) is 26.2 Å². The number of aliphatic imine (C=N–C) groups is 1. The molecule has 1 N–H and O–H groups in total. The van der Waals surface area contributed by atoms with Crippen LogP contribution in [0.2, 0.25) is 0 Å². The highest BCUT2D eigenvalue weighted by Crippen LogP contribution is 2.15. The third-order valence-corrected chi connectivity index (χ3v) is 4.13. The molecule has 0 atom stereocenters. The fourth-order valence-corrected chi connectivity index (χ4v) is 2.68. The first-order valence-electron chi connectivity index (χ1n) is 7.30. The van der Waals surface area contributed by atoms with Crippen LogP contribution in [0.4, 0.5) is 0 Å². The molecule has 4 heteroatoms. The number of rotatable bonds is 6. The van der Waals surface area contributed by atoms with Crippen LogP contribution in [-0.2, 0) is 0 Å². The van der Waals surface area contributed by atoms with E-state index < -0.39 is 0 Å². The van der Waals surface area contributed by atoms with Crippen LogP contribution in [0.5, 0.6) is 0 Å². The zero-order chi connectivity index (χ0) is 13.2. The number of guanidine groups is 1. The Balaban J connectivity index is 2.35. The van der Waals surface area contributed by atoms with Gasteiger partial charge in [-0.1, -0.05) is 6.92 Å². The van der Waals surface area contributed by atoms with E-state index in [1.165, 1.54) is 31.4 Å². The van der Waals surface area contributed by atoms with Gasteiger partial charge in [-0.2, -0.15) is 11.8 Å². The molecule has 106 valence electrons. The molecule has 1 aliphatic rings. The molecular formula is C14H29N3S. The maximum atomic E-state index is 4.76. The van der Waals surface area contributed by atoms with Gasteiger partial charge in [0.25, 0.3) is 0 Å². The topological polar surface area (TPSA) is 27.6 Å². The quantitative estimate of drug-likeness (QED) is 0.457. The van der Waals surface area contributed by atoms with Crippen molar-refractivity contribution in [1.82, 2.24) is 10.2 Å². The van der Waals surface area contributed by atoms with Gasteiger partial charge in [-0.15, -0.1) is 0 Å². The molecule has 1 rings (SSSR count). The van der Waals surface area contributed by atoms with Crippen molar-refractivity contribution in [3.8, 4) is 0 Å². The Hall–Kier alpha value is -0.380. The summed E-state index contributed by atoms with van der Waals surface area (Å²) < 4.78 is 0. The fraction of sp³-hybridized carbons (Fsp3) is 0.929. The van der Waals surface area contributed by atoms with Crippen LogP contribution < -0.4 is 5.32 Å². The molecule has 1 aliphatic heterocycles. The molecule has 0 bridgehead atoms. The predicted octanol–water partition coefficient (Wildman–Crippen LogP) is 2.83. The zero-order valence-electron chi connectivity index (χ0n) is 12.2. The summed E-state index contributed by atoms with van der Waals surface area (Å²) in [4.78, 5) is 7.18. The van der Waals surface area contributed by atoms with E-state index in [4.69, 9.17) is 4.99 Å². The van der Waals surface area contributed by atoms with Crippen LogP contribution in [0.25, 0.3) is 0 Å². The summed E-state index contributed by atoms with van der Waals surface area (Å²) in [6, 6.07) is 0. The lowest BCUT2D eigenvalue weighted by Crippen LogP contribution is -2.45. The maximum Gasteiger partial charge on any atom is 0.193 e. The second kappa shape index (κ2) is 9.54. The molecule has 0 aliphatic carbocycles. The second-order valence-electron chi connectivity index (χ2n) is 5.11. The number of piperidine rings is 1. The number of thioether (sulfide) groups is 1. The van der Waals surface area contributed by atoms with Crippen LogP contribution in [0.1, 0.15) is 39.5 Å². The Morgan fingerprint density at radius 3 is 2.67 bits per heavy atom. The number of nitrogens with one attached hydrogen (secondary N) is 1. The summed E-state index contributed by atoms with van der Waals surface area (Å²) in [5, 5.41) is 3.43. The maximum absolute atomic E-state index is 4.76. The third kappa shape index (κ3) is 5.98. The van der Waals surface area contributed by atoms with Crippen molar-refractivity contribution in [2.75, 3.05) is 38.2 Å². The third-order valence-electron chi connectivity index (χ3n) is 3.44. The number of nitrogens with zero attached hydrogens (tertiary/aromatic N) is 2. The lowest BCUT2D eigenvalue weighted by Gasteiger charge is -2.33. The molecule has 0 aromatic heterocycles. The highest BCUT2D eigenvalue weighted by Gasteiger charge is 2.18. The molecule has 0 amide bonds. The average molecular weight is 271 g/mol. The molecule has 0 saturated carbocycles. The van der Waals surface area contributed by atoms with E-state index in [0.717, 1.165) is 38.1 Å². The molecule has 0 radical (unpaired) electrons. The Labute approximate surface area is 117 Å². The smallest absolute Gasteiger partial charge is 0.193 e. The summed E-state index contributed by atoms with van der Waals surface area (Å²) in [6.07, 6.45) is 7.26. The normalized spacial score (nSPS) is 18.2. The van der Waals surface area contributed by atoms with Gasteiger partial charge >= 0.3 is 0 Å². The SMILES string of the molecule is CCNC(=NCCCCSC)N1CCC(C)CC1. The summed E-state index contributed by atoms with van der Waals surface area (Å²) >= 11 is 1.92. The van der Waals surface area contributed by atoms with Crippen molar-refractivity contribution < 1.29 is 0 Å². The van der Waals surface area contributed by atoms with E-state index in [1.807, 2.05) is 11.8 Å². The van der Waals surface area contributed by atoms with E-state index in [2.05, 4.69) is 30.3 Å². The number of unbranched alkanes of at least 4 members (excludes halogenated alkanes) is 1. The first kappa shape index (κ1) is 15.7. The Bertz CT molecular complexity index is 235. The van der Waals surface area contributed by atoms with E-state index in [-0.39, 0.29) is 0 Å². The van der Waals surface area contributed by atoms with Gasteiger partial charge in [0.05, 0.1) is 0 Å². The number of hydrogen-bond acceptors (Lipinski definition) is 2. The molecule has 0 unspecified atom stereocenters. The minimum Gasteiger partial charge on any atom is -0.357 e. The van der Waals surface area contributed by atoms with Gasteiger partial charge in [0.1, 0.15) is 0 Å². The molecule has 1 heterocycles. The standard InChI is InChI=1S/C14H29N3S/c1-4-15-14(16-9-5-6-12-18-3)17-10-7-13(2)8-11-17/h13H,4-12H2,1-3H3,(H,15,16). The minimum absolute atomic E-state index is 0.880. The van der Waals surface area contributed by atoms with E-state index in [0.29, 0.717) is 0 Å². The summed E-state index contributed by atoms with van der Waals surface area (Å²) in [5.74, 6) is 3.27. The minimum atomic E-state index is 0.880. The van der Waals surface area contributed by atoms with Crippen LogP contribution in [-0.4, -0.2) is 49.0 Å². The van der Waals surface area contributed by atoms with Crippen molar-refractivity contribution in [1.29, 1.82) is 0 Å². The largest absolute Gasteiger partial charge is 0.357 e. The van der Waals surface area contributed by atoms with E-state index in [9.17, 15) is 0 Å². The van der Waals surface area contributed by atoms with Gasteiger partial charge in [0.15, 0.2) is 5.96 Å². The van der Waals surface area contributed by atoms with Gasteiger partial charge in [-0.05, 0) is 50.5 Å². The van der Waals surface area contributed by atoms with E-state index >= 15 is 0 Å². The van der Waals surface area contributed by atoms with Crippen molar-refractivity contribution in [2.24, 2.45) is 10.9 Å². The predicted molar refractivity (Wildman–Crippen MR) is 83.6 cm³/mol. The summed E-state index contributed by atoms with van der Waals surface area (Å²) in [7, 11) is 0. The Kier molecular flexibility index (Phi) is 8.31. The lowest BCUT2D eigenvalue weighted by molar-refractivity contribution is 0.273. The molecule has 0 aromatic carbocycles. The van der Waals surface area contributed by atoms with Crippen molar-refractivity contribution in [3.05, 3.63) is 0 Å². The molecule has 1 fully saturated rings. The van der Waals surface area contributed by atoms with Crippen molar-refractivity contribution in [2.45, 2.75) is 39.5 Å². The van der Waals surface area contributed by atoms with Crippen LogP contribution in [0.15, 0.2) is 4.99 Å². The van der Waals surface area contributed by atoms with Gasteiger partial charge < -0.3 is 10.2 Å². The number of hydrogen-bond donors (Lipinski definition) is 1. The van der Waals surface area contributed by atoms with Crippen molar-refractivity contribution in [3.63, 3.8) is 0 Å². The van der Waals surface area contributed by atoms with Crippen LogP contribution >= 0.6 is 11.8 Å². The van der Waals surface area contributed by atoms with Gasteiger partial charge in [-0.25, -0.2) is 0 Å². The fourth-order valence-electron chi connectivity index (χ4n) is 2.19. The summed E-state index contributed by atoms with van der Waals surface area (Å²) in [6.45, 7) is 8.76. The van der Waals surface area contributed by atoms with Crippen LogP contribution in [0, 0.1) is 5.92 Å². The lowest BCUT2D eigenvalue weighted by atomic mass is 10.00. The number of likely N-dealkylation sites (tertiary alicyclic amines) is 1. The molecule has 0 spiro atoms. The van der Waals surface area contributed by atoms with Crippen LogP contribution in [0.3, 0.4) is 0 Å². The second-order valence-corrected chi connectivity index (χ2v) is 6.09. The van der Waals surface area contributed by atoms with Gasteiger partial charge in [0.2, 0.25) is 0 Å². The first-order valence-corrected chi connectivity index (χ1v) is 8.69. The molecular weight excluding hydrogens is 242 g/mol. The highest BCUT2D eigenvalue weighted by molar-refractivity contribution is 7.98. The Morgan fingerprint density at radius 1 is 1.33 bits per heavy atom. The summed E-state index contributed by atoms with van der Waals surface area (Å²) in [5.41, 5.74) is 0. The molecule has 1 saturated heterocycles. The Morgan fingerprint density at radius 2 is 2.06 bits per heavy atom. The zero-order valence-corrected chi connectivity index (χ0v) is 13.1. The van der Waals surface area contributed by atoms with E-state index in [1.54, 1.807) is 0 Å². The molecule has 18 heavy (non-hydrogen) atoms. The first-order chi connectivity index (χ1) is 8.77. The monoisotopic (exact) mass is 271 g/mol.